The van der Waals surface area contributed by atoms with Crippen molar-refractivity contribution in [3.05, 3.63) is 41.7 Å². The number of carboxylic acids is 1. The average Bonchev–Trinajstić information content (AvgIpc) is 2.61. The van der Waals surface area contributed by atoms with Gasteiger partial charge >= 0.3 is 5.97 Å². The highest BCUT2D eigenvalue weighted by molar-refractivity contribution is 5.86. The van der Waals surface area contributed by atoms with E-state index < -0.39 is 5.97 Å². The molecule has 0 aliphatic heterocycles. The quantitative estimate of drug-likeness (QED) is 0.750. The first kappa shape index (κ1) is 19.7. The molecular weight excluding hydrogens is 330 g/mol. The van der Waals surface area contributed by atoms with Crippen LogP contribution in [0.4, 0.5) is 11.6 Å². The van der Waals surface area contributed by atoms with Crippen molar-refractivity contribution in [1.29, 1.82) is 0 Å². The Labute approximate surface area is 154 Å². The van der Waals surface area contributed by atoms with Crippen LogP contribution in [0.2, 0.25) is 0 Å². The molecule has 0 amide bonds. The van der Waals surface area contributed by atoms with Crippen molar-refractivity contribution in [2.24, 2.45) is 5.92 Å². The van der Waals surface area contributed by atoms with Gasteiger partial charge in [0.2, 0.25) is 5.95 Å². The summed E-state index contributed by atoms with van der Waals surface area (Å²) in [5.41, 5.74) is 2.15. The molecule has 0 atom stereocenters. The summed E-state index contributed by atoms with van der Waals surface area (Å²) in [5, 5.41) is 9.00. The van der Waals surface area contributed by atoms with Crippen molar-refractivity contribution < 1.29 is 14.6 Å². The van der Waals surface area contributed by atoms with Gasteiger partial charge in [-0.1, -0.05) is 33.8 Å². The second-order valence-electron chi connectivity index (χ2n) is 6.90. The van der Waals surface area contributed by atoms with Crippen molar-refractivity contribution in [2.45, 2.75) is 40.5 Å². The van der Waals surface area contributed by atoms with Gasteiger partial charge in [-0.2, -0.15) is 0 Å². The minimum atomic E-state index is -1.04. The lowest BCUT2D eigenvalue weighted by Crippen LogP contribution is -2.19. The number of aromatic carboxylic acids is 1. The van der Waals surface area contributed by atoms with E-state index in [1.54, 1.807) is 0 Å². The predicted octanol–water partition coefficient (Wildman–Crippen LogP) is 4.49. The largest absolute Gasteiger partial charge is 0.493 e. The van der Waals surface area contributed by atoms with Gasteiger partial charge in [0.25, 0.3) is 0 Å². The standard InChI is InChI=1S/C20H27N3O3/c1-6-23(20-21-10-15(11-22-20)19(24)25)16-7-8-17(14(4)5)18(9-16)26-12-13(2)3/h7-11,13-14H,6,12H2,1-5H3,(H,24,25). The summed E-state index contributed by atoms with van der Waals surface area (Å²) < 4.78 is 6.04. The Hall–Kier alpha value is -2.63. The number of rotatable bonds is 8. The van der Waals surface area contributed by atoms with E-state index in [1.807, 2.05) is 24.0 Å². The van der Waals surface area contributed by atoms with Gasteiger partial charge in [-0.05, 0) is 30.4 Å². The summed E-state index contributed by atoms with van der Waals surface area (Å²) in [6, 6.07) is 6.11. The monoisotopic (exact) mass is 357 g/mol. The summed E-state index contributed by atoms with van der Waals surface area (Å²) in [4.78, 5) is 21.3. The molecule has 1 aromatic carbocycles. The SMILES string of the molecule is CCN(c1ccc(C(C)C)c(OCC(C)C)c1)c1ncc(C(=O)O)cn1. The number of ether oxygens (including phenoxy) is 1. The summed E-state index contributed by atoms with van der Waals surface area (Å²) in [5.74, 6) is 1.09. The van der Waals surface area contributed by atoms with E-state index in [4.69, 9.17) is 9.84 Å². The maximum atomic E-state index is 11.0. The van der Waals surface area contributed by atoms with Gasteiger partial charge in [0, 0.05) is 30.7 Å². The molecule has 26 heavy (non-hydrogen) atoms. The minimum absolute atomic E-state index is 0.0703. The fourth-order valence-electron chi connectivity index (χ4n) is 2.56. The van der Waals surface area contributed by atoms with Gasteiger partial charge in [-0.25, -0.2) is 14.8 Å². The topological polar surface area (TPSA) is 75.5 Å². The van der Waals surface area contributed by atoms with Crippen LogP contribution in [0.5, 0.6) is 5.75 Å². The highest BCUT2D eigenvalue weighted by Crippen LogP contribution is 2.33. The highest BCUT2D eigenvalue weighted by Gasteiger charge is 2.16. The van der Waals surface area contributed by atoms with Gasteiger partial charge in [0.15, 0.2) is 0 Å². The van der Waals surface area contributed by atoms with E-state index in [1.165, 1.54) is 12.4 Å². The van der Waals surface area contributed by atoms with Gasteiger partial charge in [-0.15, -0.1) is 0 Å². The van der Waals surface area contributed by atoms with E-state index in [2.05, 4.69) is 43.7 Å². The molecule has 0 fully saturated rings. The number of benzene rings is 1. The lowest BCUT2D eigenvalue weighted by atomic mass is 10.0. The maximum Gasteiger partial charge on any atom is 0.338 e. The molecule has 0 saturated heterocycles. The maximum absolute atomic E-state index is 11.0. The van der Waals surface area contributed by atoms with Crippen molar-refractivity contribution in [2.75, 3.05) is 18.1 Å². The number of anilines is 2. The Kier molecular flexibility index (Phi) is 6.55. The van der Waals surface area contributed by atoms with Gasteiger partial charge in [0.05, 0.1) is 12.2 Å². The van der Waals surface area contributed by atoms with E-state index >= 15 is 0 Å². The highest BCUT2D eigenvalue weighted by atomic mass is 16.5. The van der Waals surface area contributed by atoms with Crippen molar-refractivity contribution in [3.63, 3.8) is 0 Å². The summed E-state index contributed by atoms with van der Waals surface area (Å²) in [6.07, 6.45) is 2.65. The molecule has 6 nitrogen and oxygen atoms in total. The van der Waals surface area contributed by atoms with Crippen LogP contribution in [-0.4, -0.2) is 34.2 Å². The van der Waals surface area contributed by atoms with Crippen LogP contribution in [-0.2, 0) is 0 Å². The number of aromatic nitrogens is 2. The molecule has 2 rings (SSSR count). The smallest absolute Gasteiger partial charge is 0.338 e. The lowest BCUT2D eigenvalue weighted by molar-refractivity contribution is 0.0696. The number of nitrogens with zero attached hydrogens (tertiary/aromatic N) is 3. The zero-order valence-corrected chi connectivity index (χ0v) is 16.1. The molecule has 0 saturated carbocycles. The van der Waals surface area contributed by atoms with Crippen molar-refractivity contribution in [1.82, 2.24) is 9.97 Å². The number of carboxylic acid groups (broad SMARTS) is 1. The van der Waals surface area contributed by atoms with E-state index in [9.17, 15) is 4.79 Å². The molecular formula is C20H27N3O3. The zero-order valence-electron chi connectivity index (χ0n) is 16.1. The molecule has 0 aliphatic carbocycles. The summed E-state index contributed by atoms with van der Waals surface area (Å²) in [6.45, 7) is 11.8. The Morgan fingerprint density at radius 1 is 1.19 bits per heavy atom. The molecule has 0 aliphatic rings. The fourth-order valence-corrected chi connectivity index (χ4v) is 2.56. The molecule has 6 heteroatoms. The van der Waals surface area contributed by atoms with Gasteiger partial charge in [0.1, 0.15) is 5.75 Å². The lowest BCUT2D eigenvalue weighted by Gasteiger charge is -2.23. The number of hydrogen-bond donors (Lipinski definition) is 1. The van der Waals surface area contributed by atoms with Crippen molar-refractivity contribution >= 4 is 17.6 Å². The third-order valence-corrected chi connectivity index (χ3v) is 3.95. The third-order valence-electron chi connectivity index (χ3n) is 3.95. The molecule has 1 heterocycles. The predicted molar refractivity (Wildman–Crippen MR) is 103 cm³/mol. The molecule has 0 radical (unpaired) electrons. The average molecular weight is 357 g/mol. The Bertz CT molecular complexity index is 742. The molecule has 1 N–H and O–H groups in total. The van der Waals surface area contributed by atoms with Crippen LogP contribution >= 0.6 is 0 Å². The normalized spacial score (nSPS) is 11.0. The number of hydrogen-bond acceptors (Lipinski definition) is 5. The second kappa shape index (κ2) is 8.65. The Morgan fingerprint density at radius 3 is 2.35 bits per heavy atom. The van der Waals surface area contributed by atoms with Gasteiger partial charge in [-0.3, -0.25) is 0 Å². The Morgan fingerprint density at radius 2 is 1.85 bits per heavy atom. The third kappa shape index (κ3) is 4.71. The minimum Gasteiger partial charge on any atom is -0.493 e. The zero-order chi connectivity index (χ0) is 19.3. The van der Waals surface area contributed by atoms with Crippen LogP contribution in [0.1, 0.15) is 56.5 Å². The number of carbonyl (C=O) groups is 1. The van der Waals surface area contributed by atoms with E-state index in [-0.39, 0.29) is 5.56 Å². The van der Waals surface area contributed by atoms with Crippen molar-refractivity contribution in [3.8, 4) is 5.75 Å². The van der Waals surface area contributed by atoms with Crippen LogP contribution < -0.4 is 9.64 Å². The summed E-state index contributed by atoms with van der Waals surface area (Å²) >= 11 is 0. The molecule has 0 unspecified atom stereocenters. The molecule has 0 bridgehead atoms. The van der Waals surface area contributed by atoms with Crippen LogP contribution in [0.15, 0.2) is 30.6 Å². The van der Waals surface area contributed by atoms with Crippen LogP contribution in [0.3, 0.4) is 0 Å². The van der Waals surface area contributed by atoms with Gasteiger partial charge < -0.3 is 14.7 Å². The first-order valence-electron chi connectivity index (χ1n) is 8.93. The van der Waals surface area contributed by atoms with Crippen LogP contribution in [0, 0.1) is 5.92 Å². The van der Waals surface area contributed by atoms with E-state index in [0.29, 0.717) is 30.9 Å². The second-order valence-corrected chi connectivity index (χ2v) is 6.90. The first-order valence-corrected chi connectivity index (χ1v) is 8.93. The summed E-state index contributed by atoms with van der Waals surface area (Å²) in [7, 11) is 0. The van der Waals surface area contributed by atoms with Crippen LogP contribution in [0.25, 0.3) is 0 Å². The molecule has 2 aromatic rings. The molecule has 140 valence electrons. The Balaban J connectivity index is 2.37. The molecule has 0 spiro atoms. The van der Waals surface area contributed by atoms with E-state index in [0.717, 1.165) is 17.0 Å². The fraction of sp³-hybridized carbons (Fsp3) is 0.450. The first-order chi connectivity index (χ1) is 12.3. The molecule has 1 aromatic heterocycles.